The van der Waals surface area contributed by atoms with E-state index in [-0.39, 0.29) is 24.0 Å². The van der Waals surface area contributed by atoms with Gasteiger partial charge in [0, 0.05) is 69.0 Å². The summed E-state index contributed by atoms with van der Waals surface area (Å²) in [4.78, 5) is 9.07. The van der Waals surface area contributed by atoms with E-state index in [1.807, 2.05) is 24.3 Å². The second kappa shape index (κ2) is 11.5. The van der Waals surface area contributed by atoms with Gasteiger partial charge in [0.25, 0.3) is 0 Å². The number of anilines is 1. The van der Waals surface area contributed by atoms with Crippen LogP contribution in [0, 0.1) is 0 Å². The molecular formula is C20H29ClIN5O. The number of guanidine groups is 1. The van der Waals surface area contributed by atoms with Gasteiger partial charge >= 0.3 is 0 Å². The van der Waals surface area contributed by atoms with Gasteiger partial charge in [0.2, 0.25) is 0 Å². The van der Waals surface area contributed by atoms with E-state index in [0.29, 0.717) is 6.54 Å². The van der Waals surface area contributed by atoms with Crippen molar-refractivity contribution in [2.75, 3.05) is 51.7 Å². The number of hydrogen-bond donors (Lipinski definition) is 2. The summed E-state index contributed by atoms with van der Waals surface area (Å²) in [6.45, 7) is 5.54. The van der Waals surface area contributed by atoms with Crippen LogP contribution in [0.3, 0.4) is 0 Å². The first-order chi connectivity index (χ1) is 13.2. The van der Waals surface area contributed by atoms with E-state index in [9.17, 15) is 0 Å². The molecule has 0 aliphatic carbocycles. The highest BCUT2D eigenvalue weighted by Gasteiger charge is 2.18. The van der Waals surface area contributed by atoms with Gasteiger partial charge in [0.1, 0.15) is 5.76 Å². The Kier molecular flexibility index (Phi) is 9.40. The molecule has 1 aromatic heterocycles. The highest BCUT2D eigenvalue weighted by Crippen LogP contribution is 2.28. The molecule has 0 unspecified atom stereocenters. The molecule has 0 amide bonds. The first-order valence-electron chi connectivity index (χ1n) is 9.35. The third kappa shape index (κ3) is 6.28. The van der Waals surface area contributed by atoms with Gasteiger partial charge < -0.3 is 24.9 Å². The molecule has 6 nitrogen and oxygen atoms in total. The topological polar surface area (TPSA) is 56.0 Å². The summed E-state index contributed by atoms with van der Waals surface area (Å²) in [5, 5.41) is 7.48. The summed E-state index contributed by atoms with van der Waals surface area (Å²) in [5.41, 5.74) is 2.31. The van der Waals surface area contributed by atoms with E-state index >= 15 is 0 Å². The summed E-state index contributed by atoms with van der Waals surface area (Å²) in [6.07, 6.45) is 2.51. The molecule has 3 rings (SSSR count). The second-order valence-corrected chi connectivity index (χ2v) is 7.12. The van der Waals surface area contributed by atoms with Gasteiger partial charge in [-0.15, -0.1) is 24.0 Å². The van der Waals surface area contributed by atoms with Crippen LogP contribution >= 0.6 is 35.6 Å². The van der Waals surface area contributed by atoms with E-state index in [4.69, 9.17) is 16.0 Å². The normalized spacial score (nSPS) is 15.2. The monoisotopic (exact) mass is 517 g/mol. The zero-order chi connectivity index (χ0) is 19.1. The van der Waals surface area contributed by atoms with Crippen LogP contribution in [0.5, 0.6) is 0 Å². The lowest BCUT2D eigenvalue weighted by Crippen LogP contribution is -2.45. The molecule has 0 bridgehead atoms. The van der Waals surface area contributed by atoms with Crippen LogP contribution in [-0.2, 0) is 13.0 Å². The van der Waals surface area contributed by atoms with E-state index in [0.717, 1.165) is 61.5 Å². The molecule has 0 spiro atoms. The van der Waals surface area contributed by atoms with Crippen molar-refractivity contribution in [3.05, 3.63) is 52.9 Å². The smallest absolute Gasteiger partial charge is 0.191 e. The fourth-order valence-electron chi connectivity index (χ4n) is 3.22. The van der Waals surface area contributed by atoms with E-state index < -0.39 is 0 Å². The lowest BCUT2D eigenvalue weighted by molar-refractivity contribution is 0.312. The Hall–Kier alpha value is -1.45. The predicted molar refractivity (Wildman–Crippen MR) is 127 cm³/mol. The lowest BCUT2D eigenvalue weighted by atomic mass is 10.1. The molecule has 2 heterocycles. The Balaban J connectivity index is 0.00000280. The molecule has 28 heavy (non-hydrogen) atoms. The Morgan fingerprint density at radius 1 is 1.14 bits per heavy atom. The maximum atomic E-state index is 6.53. The van der Waals surface area contributed by atoms with Crippen molar-refractivity contribution >= 4 is 47.2 Å². The van der Waals surface area contributed by atoms with Crippen molar-refractivity contribution in [3.8, 4) is 0 Å². The Bertz CT molecular complexity index is 745. The SMILES string of the molecule is CN=C(NCCc1ccco1)NCc1c(Cl)cccc1N1CCN(C)CC1.I. The Morgan fingerprint density at radius 2 is 1.93 bits per heavy atom. The van der Waals surface area contributed by atoms with Crippen LogP contribution in [-0.4, -0.2) is 57.7 Å². The quantitative estimate of drug-likeness (QED) is 0.350. The number of nitrogens with zero attached hydrogens (tertiary/aromatic N) is 3. The van der Waals surface area contributed by atoms with E-state index in [2.05, 4.69) is 38.5 Å². The summed E-state index contributed by atoms with van der Waals surface area (Å²) < 4.78 is 5.36. The molecule has 2 aromatic rings. The minimum absolute atomic E-state index is 0. The summed E-state index contributed by atoms with van der Waals surface area (Å²) in [7, 11) is 3.94. The summed E-state index contributed by atoms with van der Waals surface area (Å²) >= 11 is 6.53. The standard InChI is InChI=1S/C20H28ClN5O.HI/c1-22-20(23-9-8-16-5-4-14-27-16)24-15-17-18(21)6-3-7-19(17)26-12-10-25(2)11-13-26;/h3-7,14H,8-13,15H2,1-2H3,(H2,22,23,24);1H. The molecular weight excluding hydrogens is 489 g/mol. The predicted octanol–water partition coefficient (Wildman–Crippen LogP) is 3.21. The molecule has 0 atom stereocenters. The molecule has 154 valence electrons. The molecule has 0 saturated carbocycles. The number of benzene rings is 1. The van der Waals surface area contributed by atoms with Gasteiger partial charge in [0.15, 0.2) is 5.96 Å². The second-order valence-electron chi connectivity index (χ2n) is 6.71. The Morgan fingerprint density at radius 3 is 2.61 bits per heavy atom. The van der Waals surface area contributed by atoms with Gasteiger partial charge in [-0.1, -0.05) is 17.7 Å². The number of halogens is 2. The average Bonchev–Trinajstić information content (AvgIpc) is 3.19. The van der Waals surface area contributed by atoms with E-state index in [1.54, 1.807) is 13.3 Å². The van der Waals surface area contributed by atoms with Crippen LogP contribution in [0.1, 0.15) is 11.3 Å². The molecule has 1 fully saturated rings. The molecule has 2 N–H and O–H groups in total. The van der Waals surface area contributed by atoms with Crippen molar-refractivity contribution in [3.63, 3.8) is 0 Å². The Labute approximate surface area is 189 Å². The van der Waals surface area contributed by atoms with Crippen LogP contribution < -0.4 is 15.5 Å². The summed E-state index contributed by atoms with van der Waals surface area (Å²) in [5.74, 6) is 1.72. The highest BCUT2D eigenvalue weighted by atomic mass is 127. The van der Waals surface area contributed by atoms with Crippen LogP contribution in [0.2, 0.25) is 5.02 Å². The fourth-order valence-corrected chi connectivity index (χ4v) is 3.45. The molecule has 1 saturated heterocycles. The molecule has 8 heteroatoms. The van der Waals surface area contributed by atoms with Gasteiger partial charge in [-0.25, -0.2) is 0 Å². The molecule has 1 aliphatic rings. The minimum Gasteiger partial charge on any atom is -0.469 e. The first kappa shape index (κ1) is 22.8. The highest BCUT2D eigenvalue weighted by molar-refractivity contribution is 14.0. The van der Waals surface area contributed by atoms with Crippen molar-refractivity contribution in [2.45, 2.75) is 13.0 Å². The molecule has 1 aliphatic heterocycles. The van der Waals surface area contributed by atoms with Crippen LogP contribution in [0.15, 0.2) is 46.0 Å². The third-order valence-electron chi connectivity index (χ3n) is 4.84. The number of rotatable bonds is 6. The van der Waals surface area contributed by atoms with Crippen molar-refractivity contribution in [1.29, 1.82) is 0 Å². The number of furan rings is 1. The van der Waals surface area contributed by atoms with Gasteiger partial charge in [-0.05, 0) is 31.3 Å². The van der Waals surface area contributed by atoms with Crippen molar-refractivity contribution in [2.24, 2.45) is 4.99 Å². The van der Waals surface area contributed by atoms with Gasteiger partial charge in [0.05, 0.1) is 6.26 Å². The number of nitrogens with one attached hydrogen (secondary N) is 2. The minimum atomic E-state index is 0. The lowest BCUT2D eigenvalue weighted by Gasteiger charge is -2.35. The van der Waals surface area contributed by atoms with Crippen LogP contribution in [0.4, 0.5) is 5.69 Å². The summed E-state index contributed by atoms with van der Waals surface area (Å²) in [6, 6.07) is 10.0. The van der Waals surface area contributed by atoms with Gasteiger partial charge in [-0.2, -0.15) is 0 Å². The average molecular weight is 518 g/mol. The number of likely N-dealkylation sites (N-methyl/N-ethyl adjacent to an activating group) is 1. The molecule has 1 aromatic carbocycles. The zero-order valence-electron chi connectivity index (χ0n) is 16.4. The number of aliphatic imine (C=N–C) groups is 1. The fraction of sp³-hybridized carbons (Fsp3) is 0.450. The van der Waals surface area contributed by atoms with Crippen molar-refractivity contribution < 1.29 is 4.42 Å². The van der Waals surface area contributed by atoms with Crippen LogP contribution in [0.25, 0.3) is 0 Å². The largest absolute Gasteiger partial charge is 0.469 e. The third-order valence-corrected chi connectivity index (χ3v) is 5.19. The maximum absolute atomic E-state index is 6.53. The first-order valence-corrected chi connectivity index (χ1v) is 9.73. The van der Waals surface area contributed by atoms with Crippen molar-refractivity contribution in [1.82, 2.24) is 15.5 Å². The number of piperazine rings is 1. The maximum Gasteiger partial charge on any atom is 0.191 e. The van der Waals surface area contributed by atoms with Gasteiger partial charge in [-0.3, -0.25) is 4.99 Å². The number of hydrogen-bond acceptors (Lipinski definition) is 4. The zero-order valence-corrected chi connectivity index (χ0v) is 19.5. The van der Waals surface area contributed by atoms with E-state index in [1.165, 1.54) is 5.69 Å². The molecule has 0 radical (unpaired) electrons.